The maximum absolute atomic E-state index is 13.8. The van der Waals surface area contributed by atoms with E-state index in [9.17, 15) is 22.8 Å². The Morgan fingerprint density at radius 1 is 1.23 bits per heavy atom. The number of amides is 3. The van der Waals surface area contributed by atoms with Crippen molar-refractivity contribution in [2.45, 2.75) is 69.8 Å². The number of rotatable bonds is 3. The van der Waals surface area contributed by atoms with E-state index >= 15 is 0 Å². The van der Waals surface area contributed by atoms with Gasteiger partial charge in [0.15, 0.2) is 5.54 Å². The van der Waals surface area contributed by atoms with E-state index in [1.807, 2.05) is 0 Å². The average Bonchev–Trinajstić information content (AvgIpc) is 3.12. The Bertz CT molecular complexity index is 932. The Labute approximate surface area is 179 Å². The lowest BCUT2D eigenvalue weighted by molar-refractivity contribution is -0.139. The average molecular weight is 436 g/mol. The summed E-state index contributed by atoms with van der Waals surface area (Å²) in [7, 11) is 1.67. The molecule has 1 saturated heterocycles. The molecule has 8 heteroatoms. The molecule has 0 radical (unpaired) electrons. The number of nitrogens with zero attached hydrogens (tertiary/aromatic N) is 1. The van der Waals surface area contributed by atoms with Gasteiger partial charge in [0.05, 0.1) is 6.10 Å². The van der Waals surface area contributed by atoms with Gasteiger partial charge < -0.3 is 10.1 Å². The van der Waals surface area contributed by atoms with Crippen molar-refractivity contribution in [3.8, 4) is 0 Å². The minimum atomic E-state index is -4.43. The molecule has 2 fully saturated rings. The number of methoxy groups -OCH3 is 1. The van der Waals surface area contributed by atoms with Crippen LogP contribution in [0.2, 0.25) is 0 Å². The maximum atomic E-state index is 13.8. The van der Waals surface area contributed by atoms with E-state index in [1.54, 1.807) is 39.2 Å². The summed E-state index contributed by atoms with van der Waals surface area (Å²) in [5, 5.41) is 3.01. The van der Waals surface area contributed by atoms with Crippen molar-refractivity contribution in [1.29, 1.82) is 0 Å². The van der Waals surface area contributed by atoms with Crippen molar-refractivity contribution in [2.24, 2.45) is 5.41 Å². The molecule has 0 bridgehead atoms. The second-order valence-corrected chi connectivity index (χ2v) is 9.13. The van der Waals surface area contributed by atoms with Crippen LogP contribution in [0.25, 0.3) is 6.08 Å². The molecule has 3 aliphatic rings. The predicted molar refractivity (Wildman–Crippen MR) is 109 cm³/mol. The van der Waals surface area contributed by atoms with E-state index in [4.69, 9.17) is 4.74 Å². The first-order valence-electron chi connectivity index (χ1n) is 10.6. The van der Waals surface area contributed by atoms with Gasteiger partial charge in [-0.25, -0.2) is 4.79 Å². The summed E-state index contributed by atoms with van der Waals surface area (Å²) >= 11 is 0. The number of nitrogens with one attached hydrogen (secondary N) is 1. The van der Waals surface area contributed by atoms with Crippen molar-refractivity contribution in [1.82, 2.24) is 10.2 Å². The van der Waals surface area contributed by atoms with Gasteiger partial charge >= 0.3 is 12.2 Å². The van der Waals surface area contributed by atoms with Crippen LogP contribution in [0.4, 0.5) is 18.0 Å². The van der Waals surface area contributed by atoms with Crippen molar-refractivity contribution in [3.63, 3.8) is 0 Å². The third-order valence-electron chi connectivity index (χ3n) is 7.12. The smallest absolute Gasteiger partial charge is 0.381 e. The zero-order valence-corrected chi connectivity index (χ0v) is 17.9. The number of carbonyl (C=O) groups excluding carboxylic acids is 2. The van der Waals surface area contributed by atoms with Crippen molar-refractivity contribution < 1.29 is 27.5 Å². The number of alkyl halides is 3. The van der Waals surface area contributed by atoms with Crippen LogP contribution in [-0.2, 0) is 21.5 Å². The standard InChI is InChI=1S/C23H27F3N2O3/c1-14(2)28-19(29)23(27-20(28)30)18-12-15(6-11-22(24,25)26)4-5-16(18)13-21(23)9-7-17(31-3)8-10-21/h4-6,11-12,14,17H,7-10,13H2,1-3H3,(H,27,30). The topological polar surface area (TPSA) is 58.6 Å². The third-order valence-corrected chi connectivity index (χ3v) is 7.12. The highest BCUT2D eigenvalue weighted by Crippen LogP contribution is 2.60. The number of fused-ring (bicyclic) bond motifs is 3. The largest absolute Gasteiger partial charge is 0.409 e. The van der Waals surface area contributed by atoms with Gasteiger partial charge in [-0.3, -0.25) is 9.69 Å². The molecule has 5 nitrogen and oxygen atoms in total. The molecule has 1 aromatic rings. The van der Waals surface area contributed by atoms with Crippen LogP contribution in [0.3, 0.4) is 0 Å². The molecule has 1 unspecified atom stereocenters. The zero-order valence-electron chi connectivity index (χ0n) is 17.9. The SMILES string of the molecule is COC1CCC2(CC1)Cc1ccc(C=CC(F)(F)F)cc1C21NC(=O)N(C(C)C)C1=O. The highest BCUT2D eigenvalue weighted by atomic mass is 19.4. The van der Waals surface area contributed by atoms with E-state index in [0.717, 1.165) is 24.5 Å². The predicted octanol–water partition coefficient (Wildman–Crippen LogP) is 4.55. The van der Waals surface area contributed by atoms with E-state index < -0.39 is 23.2 Å². The summed E-state index contributed by atoms with van der Waals surface area (Å²) in [6.45, 7) is 3.56. The lowest BCUT2D eigenvalue weighted by Crippen LogP contribution is -2.57. The van der Waals surface area contributed by atoms with Crippen molar-refractivity contribution in [2.75, 3.05) is 7.11 Å². The Balaban J connectivity index is 1.84. The first kappa shape index (κ1) is 21.9. The molecule has 1 aliphatic heterocycles. The Kier molecular flexibility index (Phi) is 5.19. The summed E-state index contributed by atoms with van der Waals surface area (Å²) in [6.07, 6.45) is 0.355. The monoisotopic (exact) mass is 436 g/mol. The fourth-order valence-electron chi connectivity index (χ4n) is 5.66. The van der Waals surface area contributed by atoms with Crippen LogP contribution in [-0.4, -0.2) is 42.3 Å². The molecule has 1 aromatic carbocycles. The molecule has 3 amide bonds. The van der Waals surface area contributed by atoms with E-state index in [1.165, 1.54) is 4.90 Å². The number of carbonyl (C=O) groups is 2. The Morgan fingerprint density at radius 2 is 1.90 bits per heavy atom. The number of imide groups is 1. The van der Waals surface area contributed by atoms with Gasteiger partial charge in [-0.05, 0) is 68.7 Å². The molecule has 168 valence electrons. The minimum absolute atomic E-state index is 0.102. The summed E-state index contributed by atoms with van der Waals surface area (Å²) in [5.74, 6) is -0.306. The number of urea groups is 1. The molecule has 4 rings (SSSR count). The van der Waals surface area contributed by atoms with Crippen molar-refractivity contribution >= 4 is 18.0 Å². The highest BCUT2D eigenvalue weighted by Gasteiger charge is 2.68. The molecule has 2 aliphatic carbocycles. The first-order valence-corrected chi connectivity index (χ1v) is 10.6. The summed E-state index contributed by atoms with van der Waals surface area (Å²) < 4.78 is 43.6. The number of ether oxygens (including phenoxy) is 1. The molecule has 2 spiro atoms. The normalized spacial score (nSPS) is 30.8. The molecule has 0 aromatic heterocycles. The third kappa shape index (κ3) is 3.35. The van der Waals surface area contributed by atoms with Gasteiger partial charge in [-0.15, -0.1) is 0 Å². The van der Waals surface area contributed by atoms with Crippen molar-refractivity contribution in [3.05, 3.63) is 41.0 Å². The van der Waals surface area contributed by atoms with Crippen LogP contribution < -0.4 is 5.32 Å². The number of hydrogen-bond acceptors (Lipinski definition) is 3. The van der Waals surface area contributed by atoms with Crippen LogP contribution in [0.1, 0.15) is 56.2 Å². The van der Waals surface area contributed by atoms with Crippen LogP contribution in [0, 0.1) is 5.41 Å². The van der Waals surface area contributed by atoms with Gasteiger partial charge in [0, 0.05) is 24.6 Å². The number of halogens is 3. The van der Waals surface area contributed by atoms with Crippen LogP contribution in [0.5, 0.6) is 0 Å². The van der Waals surface area contributed by atoms with E-state index in [-0.39, 0.29) is 24.1 Å². The second-order valence-electron chi connectivity index (χ2n) is 9.13. The Morgan fingerprint density at radius 3 is 2.45 bits per heavy atom. The summed E-state index contributed by atoms with van der Waals surface area (Å²) in [6, 6.07) is 4.29. The molecule has 1 N–H and O–H groups in total. The number of benzene rings is 1. The number of hydrogen-bond donors (Lipinski definition) is 1. The molecule has 1 atom stereocenters. The van der Waals surface area contributed by atoms with E-state index in [2.05, 4.69) is 5.32 Å². The lowest BCUT2D eigenvalue weighted by atomic mass is 9.61. The summed E-state index contributed by atoms with van der Waals surface area (Å²) in [5.41, 5.74) is 0.0917. The minimum Gasteiger partial charge on any atom is -0.381 e. The van der Waals surface area contributed by atoms with Gasteiger partial charge in [0.2, 0.25) is 0 Å². The number of allylic oxidation sites excluding steroid dienone is 1. The first-order chi connectivity index (χ1) is 14.5. The lowest BCUT2D eigenvalue weighted by Gasteiger charge is -2.46. The fraction of sp³-hybridized carbons (Fsp3) is 0.565. The maximum Gasteiger partial charge on any atom is 0.409 e. The molecular formula is C23H27F3N2O3. The Hall–Kier alpha value is -2.35. The van der Waals surface area contributed by atoms with Gasteiger partial charge in [0.25, 0.3) is 5.91 Å². The summed E-state index contributed by atoms with van der Waals surface area (Å²) in [4.78, 5) is 28.0. The van der Waals surface area contributed by atoms with Gasteiger partial charge in [0.1, 0.15) is 0 Å². The molecule has 1 heterocycles. The zero-order chi connectivity index (χ0) is 22.6. The second kappa shape index (κ2) is 7.36. The molecular weight excluding hydrogens is 409 g/mol. The van der Waals surface area contributed by atoms with E-state index in [0.29, 0.717) is 30.4 Å². The fourth-order valence-corrected chi connectivity index (χ4v) is 5.66. The van der Waals surface area contributed by atoms with Gasteiger partial charge in [-0.2, -0.15) is 13.2 Å². The van der Waals surface area contributed by atoms with Crippen LogP contribution >= 0.6 is 0 Å². The quantitative estimate of drug-likeness (QED) is 0.708. The molecule has 1 saturated carbocycles. The van der Waals surface area contributed by atoms with Crippen LogP contribution in [0.15, 0.2) is 24.3 Å². The highest BCUT2D eigenvalue weighted by molar-refractivity contribution is 6.09. The van der Waals surface area contributed by atoms with Gasteiger partial charge in [-0.1, -0.05) is 18.2 Å². The molecule has 31 heavy (non-hydrogen) atoms.